The van der Waals surface area contributed by atoms with Crippen LogP contribution in [0.1, 0.15) is 33.7 Å². The van der Waals surface area contributed by atoms with Gasteiger partial charge in [0.05, 0.1) is 17.9 Å². The van der Waals surface area contributed by atoms with Gasteiger partial charge in [-0.3, -0.25) is 4.79 Å². The molecule has 0 amide bonds. The molecule has 100 valence electrons. The number of nitrogens with zero attached hydrogens (tertiary/aromatic N) is 1. The molecule has 19 heavy (non-hydrogen) atoms. The Hall–Kier alpha value is -1.62. The molecule has 2 heterocycles. The molecule has 1 saturated carbocycles. The fourth-order valence-corrected chi connectivity index (χ4v) is 2.96. The average Bonchev–Trinajstić information content (AvgIpc) is 2.86. The second-order valence-corrected chi connectivity index (χ2v) is 6.11. The third-order valence-corrected chi connectivity index (χ3v) is 4.46. The highest BCUT2D eigenvalue weighted by molar-refractivity contribution is 7.11. The maximum Gasteiger partial charge on any atom is 0.310 e. The van der Waals surface area contributed by atoms with Crippen molar-refractivity contribution in [3.8, 4) is 0 Å². The molecule has 2 atom stereocenters. The quantitative estimate of drug-likeness (QED) is 0.805. The first kappa shape index (κ1) is 12.4. The van der Waals surface area contributed by atoms with Crippen LogP contribution in [0.25, 0.3) is 0 Å². The second kappa shape index (κ2) is 4.81. The van der Waals surface area contributed by atoms with Crippen LogP contribution < -0.4 is 0 Å². The number of aromatic nitrogens is 1. The van der Waals surface area contributed by atoms with Crippen LogP contribution in [0.4, 0.5) is 0 Å². The van der Waals surface area contributed by atoms with Crippen molar-refractivity contribution < 1.29 is 13.9 Å². The van der Waals surface area contributed by atoms with Crippen LogP contribution in [0.5, 0.6) is 0 Å². The molecule has 0 radical (unpaired) electrons. The van der Waals surface area contributed by atoms with E-state index in [9.17, 15) is 4.79 Å². The molecular weight excluding hydrogens is 262 g/mol. The summed E-state index contributed by atoms with van der Waals surface area (Å²) in [6.07, 6.45) is 2.46. The van der Waals surface area contributed by atoms with E-state index in [-0.39, 0.29) is 24.4 Å². The number of aryl methyl sites for hydroxylation is 2. The summed E-state index contributed by atoms with van der Waals surface area (Å²) < 4.78 is 10.6. The lowest BCUT2D eigenvalue weighted by Gasteiger charge is -2.01. The summed E-state index contributed by atoms with van der Waals surface area (Å²) in [6.45, 7) is 4.26. The summed E-state index contributed by atoms with van der Waals surface area (Å²) >= 11 is 1.58. The first-order chi connectivity index (χ1) is 9.15. The van der Waals surface area contributed by atoms with E-state index in [4.69, 9.17) is 9.15 Å². The van der Waals surface area contributed by atoms with E-state index < -0.39 is 0 Å². The van der Waals surface area contributed by atoms with Gasteiger partial charge in [-0.15, -0.1) is 11.3 Å². The zero-order valence-electron chi connectivity index (χ0n) is 10.9. The van der Waals surface area contributed by atoms with Crippen molar-refractivity contribution in [2.24, 2.45) is 5.92 Å². The minimum atomic E-state index is -0.146. The molecule has 0 bridgehead atoms. The van der Waals surface area contributed by atoms with Crippen LogP contribution in [0.2, 0.25) is 0 Å². The molecule has 0 aromatic carbocycles. The van der Waals surface area contributed by atoms with Gasteiger partial charge in [-0.2, -0.15) is 0 Å². The van der Waals surface area contributed by atoms with Gasteiger partial charge >= 0.3 is 5.97 Å². The lowest BCUT2D eigenvalue weighted by atomic mass is 10.2. The average molecular weight is 277 g/mol. The number of hydrogen-bond donors (Lipinski definition) is 0. The Labute approximate surface area is 115 Å². The van der Waals surface area contributed by atoms with E-state index in [1.54, 1.807) is 17.6 Å². The van der Waals surface area contributed by atoms with Crippen LogP contribution in [-0.4, -0.2) is 11.0 Å². The third kappa shape index (κ3) is 2.56. The van der Waals surface area contributed by atoms with E-state index >= 15 is 0 Å². The third-order valence-electron chi connectivity index (χ3n) is 3.41. The number of carbonyl (C=O) groups excluding carboxylic acids is 1. The Balaban J connectivity index is 1.53. The summed E-state index contributed by atoms with van der Waals surface area (Å²) in [5.74, 6) is 0.880. The maximum absolute atomic E-state index is 11.9. The number of furan rings is 1. The van der Waals surface area contributed by atoms with Crippen molar-refractivity contribution in [1.82, 2.24) is 4.98 Å². The van der Waals surface area contributed by atoms with Gasteiger partial charge in [0.1, 0.15) is 17.4 Å². The lowest BCUT2D eigenvalue weighted by molar-refractivity contribution is -0.146. The summed E-state index contributed by atoms with van der Waals surface area (Å²) in [5, 5.41) is 0.860. The van der Waals surface area contributed by atoms with Gasteiger partial charge in [0.25, 0.3) is 0 Å². The number of esters is 1. The Bertz CT molecular complexity index is 568. The van der Waals surface area contributed by atoms with Crippen molar-refractivity contribution in [2.75, 3.05) is 0 Å². The second-order valence-electron chi connectivity index (χ2n) is 4.82. The summed E-state index contributed by atoms with van der Waals surface area (Å²) in [7, 11) is 0. The minimum Gasteiger partial charge on any atom is -0.469 e. The van der Waals surface area contributed by atoms with E-state index in [2.05, 4.69) is 4.98 Å². The van der Waals surface area contributed by atoms with Gasteiger partial charge in [0.15, 0.2) is 0 Å². The molecule has 0 spiro atoms. The van der Waals surface area contributed by atoms with Gasteiger partial charge < -0.3 is 9.15 Å². The van der Waals surface area contributed by atoms with E-state index in [1.165, 1.54) is 4.88 Å². The molecule has 1 aliphatic carbocycles. The van der Waals surface area contributed by atoms with E-state index in [0.717, 1.165) is 22.9 Å². The number of thiazole rings is 1. The predicted molar refractivity (Wildman–Crippen MR) is 70.9 cm³/mol. The van der Waals surface area contributed by atoms with Gasteiger partial charge in [0, 0.05) is 10.8 Å². The lowest BCUT2D eigenvalue weighted by Crippen LogP contribution is -2.07. The van der Waals surface area contributed by atoms with Crippen LogP contribution in [0.3, 0.4) is 0 Å². The summed E-state index contributed by atoms with van der Waals surface area (Å²) in [6, 6.07) is 3.75. The molecule has 2 aromatic rings. The largest absolute Gasteiger partial charge is 0.469 e. The molecule has 2 aromatic heterocycles. The molecular formula is C14H15NO3S. The van der Waals surface area contributed by atoms with Crippen molar-refractivity contribution in [1.29, 1.82) is 0 Å². The first-order valence-electron chi connectivity index (χ1n) is 6.28. The molecule has 5 heteroatoms. The standard InChI is InChI=1S/C14H15NO3S/c1-8-9(2)19-13(15-8)7-18-14(16)11-6-10(11)12-4-3-5-17-12/h3-5,10-11H,6-7H2,1-2H3. The van der Waals surface area contributed by atoms with Gasteiger partial charge in [-0.1, -0.05) is 0 Å². The molecule has 0 saturated heterocycles. The minimum absolute atomic E-state index is 0.0479. The summed E-state index contributed by atoms with van der Waals surface area (Å²) in [4.78, 5) is 17.4. The van der Waals surface area contributed by atoms with Gasteiger partial charge in [-0.05, 0) is 32.4 Å². The fourth-order valence-electron chi connectivity index (χ4n) is 2.11. The Morgan fingerprint density at radius 3 is 3.05 bits per heavy atom. The van der Waals surface area contributed by atoms with Gasteiger partial charge in [0.2, 0.25) is 0 Å². The number of rotatable bonds is 4. The van der Waals surface area contributed by atoms with Gasteiger partial charge in [-0.25, -0.2) is 4.98 Å². The zero-order valence-corrected chi connectivity index (χ0v) is 11.7. The van der Waals surface area contributed by atoms with Crippen molar-refractivity contribution in [2.45, 2.75) is 32.8 Å². The van der Waals surface area contributed by atoms with Crippen molar-refractivity contribution >= 4 is 17.3 Å². The highest BCUT2D eigenvalue weighted by Crippen LogP contribution is 2.48. The zero-order chi connectivity index (χ0) is 13.4. The van der Waals surface area contributed by atoms with E-state index in [1.807, 2.05) is 26.0 Å². The Morgan fingerprint density at radius 2 is 2.42 bits per heavy atom. The smallest absolute Gasteiger partial charge is 0.310 e. The number of ether oxygens (including phenoxy) is 1. The molecule has 4 nitrogen and oxygen atoms in total. The van der Waals surface area contributed by atoms with Crippen LogP contribution >= 0.6 is 11.3 Å². The highest BCUT2D eigenvalue weighted by atomic mass is 32.1. The van der Waals surface area contributed by atoms with Crippen LogP contribution in [0.15, 0.2) is 22.8 Å². The SMILES string of the molecule is Cc1nc(COC(=O)C2CC2c2ccco2)sc1C. The highest BCUT2D eigenvalue weighted by Gasteiger charge is 2.47. The maximum atomic E-state index is 11.9. The van der Waals surface area contributed by atoms with E-state index in [0.29, 0.717) is 0 Å². The van der Waals surface area contributed by atoms with Crippen LogP contribution in [-0.2, 0) is 16.1 Å². The Kier molecular flexibility index (Phi) is 3.14. The molecule has 3 rings (SSSR count). The number of hydrogen-bond acceptors (Lipinski definition) is 5. The predicted octanol–water partition coefficient (Wildman–Crippen LogP) is 3.20. The fraction of sp³-hybridized carbons (Fsp3) is 0.429. The number of carbonyl (C=O) groups is 1. The van der Waals surface area contributed by atoms with Crippen LogP contribution in [0, 0.1) is 19.8 Å². The Morgan fingerprint density at radius 1 is 1.58 bits per heavy atom. The molecule has 1 aliphatic rings. The summed E-state index contributed by atoms with van der Waals surface area (Å²) in [5.41, 5.74) is 1.01. The molecule has 0 aliphatic heterocycles. The normalized spacial score (nSPS) is 21.4. The molecule has 2 unspecified atom stereocenters. The topological polar surface area (TPSA) is 52.3 Å². The molecule has 1 fully saturated rings. The monoisotopic (exact) mass is 277 g/mol. The van der Waals surface area contributed by atoms with Crippen molar-refractivity contribution in [3.05, 3.63) is 39.7 Å². The van der Waals surface area contributed by atoms with Crippen molar-refractivity contribution in [3.63, 3.8) is 0 Å². The first-order valence-corrected chi connectivity index (χ1v) is 7.09. The molecule has 0 N–H and O–H groups in total.